The first-order chi connectivity index (χ1) is 11.7. The Balaban J connectivity index is 1.76. The van der Waals surface area contributed by atoms with Crippen molar-refractivity contribution in [1.29, 1.82) is 0 Å². The Morgan fingerprint density at radius 3 is 2.58 bits per heavy atom. The van der Waals surface area contributed by atoms with Gasteiger partial charge in [-0.3, -0.25) is 4.79 Å². The molecule has 0 bridgehead atoms. The first-order valence-corrected chi connectivity index (χ1v) is 9.70. The van der Waals surface area contributed by atoms with Gasteiger partial charge in [0.2, 0.25) is 0 Å². The van der Waals surface area contributed by atoms with Gasteiger partial charge in [-0.2, -0.15) is 0 Å². The number of ether oxygens (including phenoxy) is 1. The van der Waals surface area contributed by atoms with Crippen LogP contribution in [0, 0.1) is 12.3 Å². The Labute approximate surface area is 149 Å². The molecule has 0 aliphatic carbocycles. The molecule has 1 aromatic heterocycles. The van der Waals surface area contributed by atoms with Crippen molar-refractivity contribution in [3.05, 3.63) is 35.2 Å². The highest BCUT2D eigenvalue weighted by Crippen LogP contribution is 2.31. The average molecular weight is 343 g/mol. The van der Waals surface area contributed by atoms with E-state index in [2.05, 4.69) is 18.9 Å². The second-order valence-corrected chi connectivity index (χ2v) is 7.21. The maximum absolute atomic E-state index is 12.0. The highest BCUT2D eigenvalue weighted by molar-refractivity contribution is 7.19. The van der Waals surface area contributed by atoms with Crippen molar-refractivity contribution in [3.63, 3.8) is 0 Å². The van der Waals surface area contributed by atoms with E-state index in [0.29, 0.717) is 6.42 Å². The molecule has 0 amide bonds. The summed E-state index contributed by atoms with van der Waals surface area (Å²) in [6, 6.07) is 10.1. The molecular weight excluding hydrogens is 316 g/mol. The predicted molar refractivity (Wildman–Crippen MR) is 102 cm³/mol. The molecule has 0 spiro atoms. The summed E-state index contributed by atoms with van der Waals surface area (Å²) in [5.74, 6) is 2.41. The number of fused-ring (bicyclic) bond motifs is 1. The van der Waals surface area contributed by atoms with Crippen LogP contribution in [0.4, 0.5) is 0 Å². The topological polar surface area (TPSA) is 26.3 Å². The molecule has 128 valence electrons. The summed E-state index contributed by atoms with van der Waals surface area (Å²) in [6.07, 6.45) is 13.8. The van der Waals surface area contributed by atoms with Gasteiger partial charge in [-0.25, -0.2) is 0 Å². The van der Waals surface area contributed by atoms with Crippen LogP contribution in [0.2, 0.25) is 0 Å². The molecular formula is C21H26O2S. The number of carbonyl (C=O) groups is 1. The van der Waals surface area contributed by atoms with Crippen LogP contribution < -0.4 is 0 Å². The fraction of sp³-hybridized carbons (Fsp3) is 0.476. The number of unbranched alkanes of at least 4 members (excludes halogenated alkanes) is 6. The lowest BCUT2D eigenvalue weighted by Gasteiger charge is -2.10. The van der Waals surface area contributed by atoms with Crippen LogP contribution in [0.3, 0.4) is 0 Å². The lowest BCUT2D eigenvalue weighted by atomic mass is 10.1. The van der Waals surface area contributed by atoms with Gasteiger partial charge in [0.25, 0.3) is 0 Å². The molecule has 1 heterocycles. The van der Waals surface area contributed by atoms with Gasteiger partial charge in [0, 0.05) is 11.1 Å². The van der Waals surface area contributed by atoms with Crippen LogP contribution in [0.15, 0.2) is 30.3 Å². The number of benzene rings is 1. The average Bonchev–Trinajstić information content (AvgIpc) is 3.02. The fourth-order valence-corrected chi connectivity index (χ4v) is 3.78. The van der Waals surface area contributed by atoms with Crippen molar-refractivity contribution in [1.82, 2.24) is 0 Å². The Kier molecular flexibility index (Phi) is 7.85. The summed E-state index contributed by atoms with van der Waals surface area (Å²) in [4.78, 5) is 12.9. The minimum absolute atomic E-state index is 0.191. The van der Waals surface area contributed by atoms with E-state index >= 15 is 0 Å². The van der Waals surface area contributed by atoms with E-state index in [0.717, 1.165) is 27.8 Å². The molecule has 0 N–H and O–H groups in total. The second-order valence-electron chi connectivity index (χ2n) is 6.09. The standard InChI is InChI=1S/C21H26O2S/c1-3-5-6-7-8-9-10-15-21(22)23-18(4-2)20-16-17-13-11-12-14-19(17)24-20/h2,11-14,16,18H,3,5-10,15H2,1H3. The summed E-state index contributed by atoms with van der Waals surface area (Å²) < 4.78 is 6.66. The van der Waals surface area contributed by atoms with E-state index in [1.165, 1.54) is 32.1 Å². The zero-order valence-corrected chi connectivity index (χ0v) is 15.2. The minimum atomic E-state index is -0.570. The molecule has 24 heavy (non-hydrogen) atoms. The third-order valence-electron chi connectivity index (χ3n) is 4.09. The van der Waals surface area contributed by atoms with Crippen molar-refractivity contribution < 1.29 is 9.53 Å². The van der Waals surface area contributed by atoms with E-state index < -0.39 is 6.10 Å². The molecule has 1 atom stereocenters. The van der Waals surface area contributed by atoms with Crippen molar-refractivity contribution >= 4 is 27.4 Å². The minimum Gasteiger partial charge on any atom is -0.443 e. The van der Waals surface area contributed by atoms with Gasteiger partial charge in [-0.15, -0.1) is 17.8 Å². The molecule has 0 saturated heterocycles. The molecule has 0 fully saturated rings. The molecule has 0 radical (unpaired) electrons. The maximum Gasteiger partial charge on any atom is 0.307 e. The maximum atomic E-state index is 12.0. The number of carbonyl (C=O) groups excluding carboxylic acids is 1. The monoisotopic (exact) mass is 342 g/mol. The van der Waals surface area contributed by atoms with Crippen molar-refractivity contribution in [2.45, 2.75) is 64.4 Å². The van der Waals surface area contributed by atoms with E-state index in [9.17, 15) is 4.79 Å². The largest absolute Gasteiger partial charge is 0.443 e. The van der Waals surface area contributed by atoms with Gasteiger partial charge >= 0.3 is 5.97 Å². The van der Waals surface area contributed by atoms with E-state index in [1.54, 1.807) is 11.3 Å². The number of esters is 1. The molecule has 2 rings (SSSR count). The smallest absolute Gasteiger partial charge is 0.307 e. The quantitative estimate of drug-likeness (QED) is 0.289. The molecule has 0 aliphatic heterocycles. The molecule has 0 saturated carbocycles. The Morgan fingerprint density at radius 2 is 1.88 bits per heavy atom. The molecule has 3 heteroatoms. The second kappa shape index (κ2) is 10.2. The van der Waals surface area contributed by atoms with Crippen LogP contribution >= 0.6 is 11.3 Å². The number of hydrogen-bond donors (Lipinski definition) is 0. The summed E-state index contributed by atoms with van der Waals surface area (Å²) in [5.41, 5.74) is 0. The van der Waals surface area contributed by atoms with Crippen molar-refractivity contribution in [3.8, 4) is 12.3 Å². The summed E-state index contributed by atoms with van der Waals surface area (Å²) in [7, 11) is 0. The van der Waals surface area contributed by atoms with Crippen LogP contribution in [0.1, 0.15) is 69.3 Å². The molecule has 1 aromatic carbocycles. The first kappa shape index (κ1) is 18.5. The van der Waals surface area contributed by atoms with Crippen LogP contribution in [0.25, 0.3) is 10.1 Å². The Bertz CT molecular complexity index is 647. The number of rotatable bonds is 10. The van der Waals surface area contributed by atoms with Gasteiger partial charge in [0.1, 0.15) is 0 Å². The fourth-order valence-electron chi connectivity index (χ4n) is 2.72. The van der Waals surface area contributed by atoms with Gasteiger partial charge < -0.3 is 4.74 Å². The third-order valence-corrected chi connectivity index (χ3v) is 5.25. The lowest BCUT2D eigenvalue weighted by molar-refractivity contribution is -0.146. The van der Waals surface area contributed by atoms with Crippen LogP contribution in [0.5, 0.6) is 0 Å². The Hall–Kier alpha value is -1.79. The third kappa shape index (κ3) is 5.69. The lowest BCUT2D eigenvalue weighted by Crippen LogP contribution is -2.08. The first-order valence-electron chi connectivity index (χ1n) is 8.88. The van der Waals surface area contributed by atoms with Crippen molar-refractivity contribution in [2.75, 3.05) is 0 Å². The van der Waals surface area contributed by atoms with Gasteiger partial charge in [-0.05, 0) is 23.9 Å². The normalized spacial score (nSPS) is 12.0. The van der Waals surface area contributed by atoms with Crippen LogP contribution in [-0.4, -0.2) is 5.97 Å². The highest BCUT2D eigenvalue weighted by Gasteiger charge is 2.16. The Morgan fingerprint density at radius 1 is 1.17 bits per heavy atom. The highest BCUT2D eigenvalue weighted by atomic mass is 32.1. The molecule has 1 unspecified atom stereocenters. The van der Waals surface area contributed by atoms with E-state index in [4.69, 9.17) is 11.2 Å². The molecule has 2 nitrogen and oxygen atoms in total. The zero-order valence-electron chi connectivity index (χ0n) is 14.4. The predicted octanol–water partition coefficient (Wildman–Crippen LogP) is 6.26. The zero-order chi connectivity index (χ0) is 17.2. The van der Waals surface area contributed by atoms with Gasteiger partial charge in [0.15, 0.2) is 6.10 Å². The van der Waals surface area contributed by atoms with E-state index in [-0.39, 0.29) is 5.97 Å². The summed E-state index contributed by atoms with van der Waals surface area (Å²) in [6.45, 7) is 2.22. The molecule has 2 aromatic rings. The van der Waals surface area contributed by atoms with Gasteiger partial charge in [-0.1, -0.05) is 69.6 Å². The SMILES string of the molecule is C#CC(OC(=O)CCCCCCCCC)c1cc2ccccc2s1. The van der Waals surface area contributed by atoms with Crippen molar-refractivity contribution in [2.24, 2.45) is 0 Å². The molecule has 0 aliphatic rings. The van der Waals surface area contributed by atoms with Gasteiger partial charge in [0.05, 0.1) is 4.88 Å². The summed E-state index contributed by atoms with van der Waals surface area (Å²) >= 11 is 1.59. The number of thiophene rings is 1. The van der Waals surface area contributed by atoms with Crippen LogP contribution in [-0.2, 0) is 9.53 Å². The number of terminal acetylenes is 1. The van der Waals surface area contributed by atoms with E-state index in [1.807, 2.05) is 24.3 Å². The summed E-state index contributed by atoms with van der Waals surface area (Å²) in [5, 5.41) is 1.14. The number of hydrogen-bond acceptors (Lipinski definition) is 3.